The molecule has 0 spiro atoms. The van der Waals surface area contributed by atoms with E-state index in [0.717, 1.165) is 31.5 Å². The first kappa shape index (κ1) is 17.1. The molecule has 5 nitrogen and oxygen atoms in total. The lowest BCUT2D eigenvalue weighted by Gasteiger charge is -2.30. The Morgan fingerprint density at radius 2 is 1.96 bits per heavy atom. The van der Waals surface area contributed by atoms with Gasteiger partial charge in [0.15, 0.2) is 0 Å². The van der Waals surface area contributed by atoms with E-state index >= 15 is 0 Å². The Hall–Kier alpha value is -2.34. The summed E-state index contributed by atoms with van der Waals surface area (Å²) in [5.74, 6) is 0.0838. The van der Waals surface area contributed by atoms with Crippen LogP contribution >= 0.6 is 11.3 Å². The van der Waals surface area contributed by atoms with Gasteiger partial charge in [0.2, 0.25) is 5.91 Å². The molecule has 0 bridgehead atoms. The molecular weight excluding hydrogens is 346 g/mol. The zero-order valence-electron chi connectivity index (χ0n) is 14.8. The van der Waals surface area contributed by atoms with E-state index in [0.29, 0.717) is 18.2 Å². The summed E-state index contributed by atoms with van der Waals surface area (Å²) in [6.45, 7) is 3.36. The molecule has 0 saturated heterocycles. The minimum Gasteiger partial charge on any atom is -0.374 e. The molecule has 1 saturated carbocycles. The number of fused-ring (bicyclic) bond motifs is 1. The van der Waals surface area contributed by atoms with Gasteiger partial charge in [-0.1, -0.05) is 0 Å². The molecule has 1 fully saturated rings. The standard InChI is InChI=1S/C20H23N3O2S/c1-13(20(25)23-10-8-18-15(12-23)9-11-26-18)21-16-4-2-14(3-5-16)19(24)22-17-6-7-17/h2-5,9,11,13,17,21H,6-8,10,12H2,1H3,(H,22,24). The van der Waals surface area contributed by atoms with Crippen LogP contribution in [0.25, 0.3) is 0 Å². The molecule has 2 heterocycles. The van der Waals surface area contributed by atoms with Gasteiger partial charge >= 0.3 is 0 Å². The van der Waals surface area contributed by atoms with E-state index in [1.165, 1.54) is 10.4 Å². The van der Waals surface area contributed by atoms with Gasteiger partial charge in [0.25, 0.3) is 5.91 Å². The summed E-state index contributed by atoms with van der Waals surface area (Å²) in [5.41, 5.74) is 2.78. The van der Waals surface area contributed by atoms with Crippen molar-refractivity contribution in [3.63, 3.8) is 0 Å². The lowest BCUT2D eigenvalue weighted by atomic mass is 10.1. The average Bonchev–Trinajstić information content (AvgIpc) is 3.34. The molecule has 1 aromatic carbocycles. The first-order valence-corrected chi connectivity index (χ1v) is 9.99. The van der Waals surface area contributed by atoms with Crippen LogP contribution in [0.4, 0.5) is 5.69 Å². The van der Waals surface area contributed by atoms with Gasteiger partial charge in [-0.3, -0.25) is 9.59 Å². The molecule has 4 rings (SSSR count). The Morgan fingerprint density at radius 3 is 2.69 bits per heavy atom. The number of thiophene rings is 1. The predicted octanol–water partition coefficient (Wildman–Crippen LogP) is 3.03. The maximum Gasteiger partial charge on any atom is 0.251 e. The minimum atomic E-state index is -0.304. The lowest BCUT2D eigenvalue weighted by Crippen LogP contribution is -2.43. The van der Waals surface area contributed by atoms with Crippen LogP contribution in [0.1, 0.15) is 40.6 Å². The number of carbonyl (C=O) groups excluding carboxylic acids is 2. The van der Waals surface area contributed by atoms with Crippen molar-refractivity contribution >= 4 is 28.8 Å². The van der Waals surface area contributed by atoms with Crippen LogP contribution in [-0.4, -0.2) is 35.3 Å². The largest absolute Gasteiger partial charge is 0.374 e. The molecule has 6 heteroatoms. The number of hydrogen-bond acceptors (Lipinski definition) is 4. The topological polar surface area (TPSA) is 61.4 Å². The molecule has 1 unspecified atom stereocenters. The molecule has 1 aromatic heterocycles. The smallest absolute Gasteiger partial charge is 0.251 e. The van der Waals surface area contributed by atoms with Gasteiger partial charge in [0.05, 0.1) is 0 Å². The van der Waals surface area contributed by atoms with E-state index in [9.17, 15) is 9.59 Å². The summed E-state index contributed by atoms with van der Waals surface area (Å²) in [4.78, 5) is 28.1. The van der Waals surface area contributed by atoms with Crippen molar-refractivity contribution in [1.29, 1.82) is 0 Å². The van der Waals surface area contributed by atoms with Gasteiger partial charge < -0.3 is 15.5 Å². The number of hydrogen-bond donors (Lipinski definition) is 2. The second kappa shape index (κ2) is 7.11. The Kier molecular flexibility index (Phi) is 4.68. The van der Waals surface area contributed by atoms with Crippen LogP contribution in [-0.2, 0) is 17.8 Å². The van der Waals surface area contributed by atoms with E-state index < -0.39 is 0 Å². The van der Waals surface area contributed by atoms with Crippen molar-refractivity contribution in [3.05, 3.63) is 51.7 Å². The van der Waals surface area contributed by atoms with Crippen molar-refractivity contribution < 1.29 is 9.59 Å². The van der Waals surface area contributed by atoms with Crippen LogP contribution in [0.3, 0.4) is 0 Å². The van der Waals surface area contributed by atoms with Gasteiger partial charge in [0.1, 0.15) is 6.04 Å². The highest BCUT2D eigenvalue weighted by Gasteiger charge is 2.26. The van der Waals surface area contributed by atoms with Gasteiger partial charge in [-0.2, -0.15) is 0 Å². The maximum absolute atomic E-state index is 12.7. The second-order valence-electron chi connectivity index (χ2n) is 7.07. The van der Waals surface area contributed by atoms with Crippen LogP contribution in [0, 0.1) is 0 Å². The van der Waals surface area contributed by atoms with Gasteiger partial charge in [0, 0.05) is 35.3 Å². The fourth-order valence-electron chi connectivity index (χ4n) is 3.24. The third-order valence-corrected chi connectivity index (χ3v) is 5.96. The minimum absolute atomic E-state index is 0.0249. The highest BCUT2D eigenvalue weighted by atomic mass is 32.1. The van der Waals surface area contributed by atoms with Crippen molar-refractivity contribution in [3.8, 4) is 0 Å². The van der Waals surface area contributed by atoms with Crippen LogP contribution < -0.4 is 10.6 Å². The quantitative estimate of drug-likeness (QED) is 0.852. The van der Waals surface area contributed by atoms with Crippen LogP contribution in [0.15, 0.2) is 35.7 Å². The highest BCUT2D eigenvalue weighted by molar-refractivity contribution is 7.10. The predicted molar refractivity (Wildman–Crippen MR) is 103 cm³/mol. The van der Waals surface area contributed by atoms with Crippen molar-refractivity contribution in [2.24, 2.45) is 0 Å². The average molecular weight is 369 g/mol. The highest BCUT2D eigenvalue weighted by Crippen LogP contribution is 2.25. The first-order valence-electron chi connectivity index (χ1n) is 9.11. The van der Waals surface area contributed by atoms with Gasteiger partial charge in [-0.05, 0) is 67.5 Å². The molecule has 2 aromatic rings. The molecule has 0 radical (unpaired) electrons. The van der Waals surface area contributed by atoms with Gasteiger partial charge in [-0.25, -0.2) is 0 Å². The maximum atomic E-state index is 12.7. The van der Waals surface area contributed by atoms with Gasteiger partial charge in [-0.15, -0.1) is 11.3 Å². The molecule has 2 aliphatic rings. The van der Waals surface area contributed by atoms with E-state index in [1.54, 1.807) is 23.5 Å². The van der Waals surface area contributed by atoms with E-state index in [1.807, 2.05) is 24.0 Å². The summed E-state index contributed by atoms with van der Waals surface area (Å²) >= 11 is 1.77. The molecule has 2 amide bonds. The number of nitrogens with zero attached hydrogens (tertiary/aromatic N) is 1. The molecule has 1 atom stereocenters. The molecule has 26 heavy (non-hydrogen) atoms. The third kappa shape index (κ3) is 3.75. The van der Waals surface area contributed by atoms with E-state index in [4.69, 9.17) is 0 Å². The van der Waals surface area contributed by atoms with Crippen molar-refractivity contribution in [2.75, 3.05) is 11.9 Å². The molecular formula is C20H23N3O2S. The summed E-state index contributed by atoms with van der Waals surface area (Å²) in [6, 6.07) is 9.49. The first-order chi connectivity index (χ1) is 12.6. The SMILES string of the molecule is CC(Nc1ccc(C(=O)NC2CC2)cc1)C(=O)N1CCc2sccc2C1. The summed E-state index contributed by atoms with van der Waals surface area (Å²) < 4.78 is 0. The lowest BCUT2D eigenvalue weighted by molar-refractivity contribution is -0.132. The Labute approximate surface area is 157 Å². The molecule has 1 aliphatic heterocycles. The number of nitrogens with one attached hydrogen (secondary N) is 2. The Balaban J connectivity index is 1.34. The van der Waals surface area contributed by atoms with E-state index in [-0.39, 0.29) is 17.9 Å². The number of anilines is 1. The van der Waals surface area contributed by atoms with Crippen LogP contribution in [0.2, 0.25) is 0 Å². The third-order valence-electron chi connectivity index (χ3n) is 4.93. The monoisotopic (exact) mass is 369 g/mol. The number of benzene rings is 1. The zero-order valence-corrected chi connectivity index (χ0v) is 15.6. The van der Waals surface area contributed by atoms with E-state index in [2.05, 4.69) is 22.1 Å². The Morgan fingerprint density at radius 1 is 1.19 bits per heavy atom. The Bertz CT molecular complexity index is 811. The number of amides is 2. The number of rotatable bonds is 5. The zero-order chi connectivity index (χ0) is 18.1. The second-order valence-corrected chi connectivity index (χ2v) is 8.07. The summed E-state index contributed by atoms with van der Waals surface area (Å²) in [7, 11) is 0. The molecule has 136 valence electrons. The number of carbonyl (C=O) groups is 2. The molecule has 2 N–H and O–H groups in total. The van der Waals surface area contributed by atoms with Crippen molar-refractivity contribution in [1.82, 2.24) is 10.2 Å². The summed E-state index contributed by atoms with van der Waals surface area (Å²) in [6.07, 6.45) is 3.10. The normalized spacial score (nSPS) is 17.3. The fraction of sp³-hybridized carbons (Fsp3) is 0.400. The summed E-state index contributed by atoms with van der Waals surface area (Å²) in [5, 5.41) is 8.33. The molecule has 1 aliphatic carbocycles. The fourth-order valence-corrected chi connectivity index (χ4v) is 4.13. The van der Waals surface area contributed by atoms with Crippen molar-refractivity contribution in [2.45, 2.75) is 44.8 Å². The van der Waals surface area contributed by atoms with Crippen LogP contribution in [0.5, 0.6) is 0 Å².